The number of amides is 1. The van der Waals surface area contributed by atoms with Crippen molar-refractivity contribution in [1.29, 1.82) is 0 Å². The number of sulfonamides is 1. The molecule has 3 rings (SSSR count). The molecule has 0 spiro atoms. The third-order valence-electron chi connectivity index (χ3n) is 3.64. The van der Waals surface area contributed by atoms with Gasteiger partial charge in [0.2, 0.25) is 10.0 Å². The predicted octanol–water partition coefficient (Wildman–Crippen LogP) is 0.130. The van der Waals surface area contributed by atoms with Crippen LogP contribution in [0.2, 0.25) is 0 Å². The Balaban J connectivity index is 1.90. The fraction of sp³-hybridized carbons (Fsp3) is 0.385. The summed E-state index contributed by atoms with van der Waals surface area (Å²) in [4.78, 5) is 14.3. The van der Waals surface area contributed by atoms with Crippen molar-refractivity contribution < 1.29 is 18.3 Å². The standard InChI is InChI=1S/C13H16N4O4S2/c14-23(20,21)11-2-5-22-12(11)13(19)16-3-1-4-17-10(7-16)6-9(8-18)15-17/h2,5-6,18H,1,3-4,7-8H2,(H2,14,20,21). The zero-order valence-corrected chi connectivity index (χ0v) is 13.8. The van der Waals surface area contributed by atoms with E-state index in [4.69, 9.17) is 5.14 Å². The van der Waals surface area contributed by atoms with Crippen molar-refractivity contribution in [2.45, 2.75) is 31.0 Å². The molecule has 10 heteroatoms. The van der Waals surface area contributed by atoms with Crippen molar-refractivity contribution in [3.8, 4) is 0 Å². The number of aliphatic hydroxyl groups excluding tert-OH is 1. The molecular formula is C13H16N4O4S2. The Morgan fingerprint density at radius 3 is 2.91 bits per heavy atom. The average Bonchev–Trinajstić information content (AvgIpc) is 3.08. The molecule has 0 aliphatic carbocycles. The number of carbonyl (C=O) groups is 1. The van der Waals surface area contributed by atoms with Gasteiger partial charge in [0.15, 0.2) is 0 Å². The summed E-state index contributed by atoms with van der Waals surface area (Å²) in [5, 5.41) is 20.1. The smallest absolute Gasteiger partial charge is 0.265 e. The molecule has 2 aromatic rings. The van der Waals surface area contributed by atoms with Gasteiger partial charge in [-0.2, -0.15) is 5.10 Å². The van der Waals surface area contributed by atoms with Crippen LogP contribution in [-0.2, 0) is 29.7 Å². The van der Waals surface area contributed by atoms with Gasteiger partial charge in [0.1, 0.15) is 9.77 Å². The molecule has 1 amide bonds. The van der Waals surface area contributed by atoms with Crippen molar-refractivity contribution in [3.63, 3.8) is 0 Å². The van der Waals surface area contributed by atoms with Gasteiger partial charge in [0.05, 0.1) is 24.5 Å². The average molecular weight is 356 g/mol. The maximum atomic E-state index is 12.7. The Labute approximate surface area is 137 Å². The van der Waals surface area contributed by atoms with Crippen LogP contribution >= 0.6 is 11.3 Å². The van der Waals surface area contributed by atoms with Crippen LogP contribution in [0.5, 0.6) is 0 Å². The van der Waals surface area contributed by atoms with Crippen molar-refractivity contribution in [2.24, 2.45) is 5.14 Å². The Hall–Kier alpha value is -1.75. The molecule has 0 bridgehead atoms. The van der Waals surface area contributed by atoms with Gasteiger partial charge in [0, 0.05) is 13.1 Å². The number of aliphatic hydroxyl groups is 1. The number of hydrogen-bond acceptors (Lipinski definition) is 6. The Morgan fingerprint density at radius 1 is 1.43 bits per heavy atom. The number of hydrogen-bond donors (Lipinski definition) is 2. The Kier molecular flexibility index (Phi) is 4.23. The third kappa shape index (κ3) is 3.15. The van der Waals surface area contributed by atoms with E-state index in [0.717, 1.165) is 17.0 Å². The van der Waals surface area contributed by atoms with E-state index < -0.39 is 10.0 Å². The second-order valence-corrected chi connectivity index (χ2v) is 7.69. The summed E-state index contributed by atoms with van der Waals surface area (Å²) in [6.07, 6.45) is 0.696. The van der Waals surface area contributed by atoms with Crippen LogP contribution in [-0.4, -0.2) is 40.7 Å². The lowest BCUT2D eigenvalue weighted by Crippen LogP contribution is -2.31. The van der Waals surface area contributed by atoms with Crippen molar-refractivity contribution >= 4 is 27.3 Å². The van der Waals surface area contributed by atoms with Crippen molar-refractivity contribution in [1.82, 2.24) is 14.7 Å². The van der Waals surface area contributed by atoms with E-state index in [1.54, 1.807) is 21.0 Å². The van der Waals surface area contributed by atoms with Crippen LogP contribution in [0.4, 0.5) is 0 Å². The number of rotatable bonds is 3. The molecule has 1 aliphatic rings. The molecule has 0 saturated carbocycles. The molecular weight excluding hydrogens is 340 g/mol. The minimum absolute atomic E-state index is 0.128. The minimum atomic E-state index is -3.93. The molecule has 1 aliphatic heterocycles. The van der Waals surface area contributed by atoms with Crippen LogP contribution in [0.25, 0.3) is 0 Å². The first-order chi connectivity index (χ1) is 10.9. The number of nitrogens with zero attached hydrogens (tertiary/aromatic N) is 3. The highest BCUT2D eigenvalue weighted by atomic mass is 32.2. The van der Waals surface area contributed by atoms with Gasteiger partial charge in [-0.05, 0) is 23.9 Å². The van der Waals surface area contributed by atoms with Gasteiger partial charge in [-0.25, -0.2) is 13.6 Å². The lowest BCUT2D eigenvalue weighted by atomic mass is 10.3. The van der Waals surface area contributed by atoms with Crippen molar-refractivity contribution in [3.05, 3.63) is 33.8 Å². The minimum Gasteiger partial charge on any atom is -0.390 e. The van der Waals surface area contributed by atoms with E-state index in [2.05, 4.69) is 5.10 Å². The Bertz CT molecular complexity index is 840. The number of carbonyl (C=O) groups excluding carboxylic acids is 1. The van der Waals surface area contributed by atoms with E-state index in [1.165, 1.54) is 6.07 Å². The molecule has 3 heterocycles. The second kappa shape index (κ2) is 6.04. The van der Waals surface area contributed by atoms with Crippen LogP contribution in [0, 0.1) is 0 Å². The summed E-state index contributed by atoms with van der Waals surface area (Å²) >= 11 is 1.06. The molecule has 2 aromatic heterocycles. The van der Waals surface area contributed by atoms with E-state index in [1.807, 2.05) is 0 Å². The lowest BCUT2D eigenvalue weighted by Gasteiger charge is -2.19. The number of nitrogens with two attached hydrogens (primary N) is 1. The fourth-order valence-corrected chi connectivity index (χ4v) is 4.53. The molecule has 0 aromatic carbocycles. The quantitative estimate of drug-likeness (QED) is 0.810. The molecule has 0 unspecified atom stereocenters. The first-order valence-corrected chi connectivity index (χ1v) is 9.39. The Morgan fingerprint density at radius 2 is 2.22 bits per heavy atom. The number of aryl methyl sites for hydroxylation is 1. The lowest BCUT2D eigenvalue weighted by molar-refractivity contribution is 0.0747. The normalized spacial score (nSPS) is 15.3. The number of fused-ring (bicyclic) bond motifs is 1. The molecule has 0 radical (unpaired) electrons. The summed E-state index contributed by atoms with van der Waals surface area (Å²) in [5.74, 6) is -0.357. The highest BCUT2D eigenvalue weighted by Gasteiger charge is 2.27. The van der Waals surface area contributed by atoms with Crippen LogP contribution in [0.3, 0.4) is 0 Å². The highest BCUT2D eigenvalue weighted by Crippen LogP contribution is 2.24. The number of aromatic nitrogens is 2. The van der Waals surface area contributed by atoms with Gasteiger partial charge in [0.25, 0.3) is 5.91 Å². The molecule has 23 heavy (non-hydrogen) atoms. The van der Waals surface area contributed by atoms with Gasteiger partial charge >= 0.3 is 0 Å². The van der Waals surface area contributed by atoms with Gasteiger partial charge in [-0.15, -0.1) is 11.3 Å². The molecule has 0 atom stereocenters. The van der Waals surface area contributed by atoms with Crippen LogP contribution in [0.1, 0.15) is 27.5 Å². The van der Waals surface area contributed by atoms with E-state index in [-0.39, 0.29) is 22.3 Å². The third-order valence-corrected chi connectivity index (χ3v) is 5.63. The van der Waals surface area contributed by atoms with Crippen molar-refractivity contribution in [2.75, 3.05) is 6.54 Å². The van der Waals surface area contributed by atoms with Gasteiger partial charge in [-0.3, -0.25) is 9.48 Å². The van der Waals surface area contributed by atoms with Gasteiger partial charge < -0.3 is 10.0 Å². The zero-order chi connectivity index (χ0) is 16.6. The largest absolute Gasteiger partial charge is 0.390 e. The first-order valence-electron chi connectivity index (χ1n) is 6.96. The number of thiophene rings is 1. The summed E-state index contributed by atoms with van der Waals surface area (Å²) < 4.78 is 24.9. The fourth-order valence-electron chi connectivity index (χ4n) is 2.59. The zero-order valence-electron chi connectivity index (χ0n) is 12.2. The SMILES string of the molecule is NS(=O)(=O)c1ccsc1C(=O)N1CCCn2nc(CO)cc2C1. The molecule has 0 fully saturated rings. The summed E-state index contributed by atoms with van der Waals surface area (Å²) in [6, 6.07) is 3.10. The topological polar surface area (TPSA) is 119 Å². The summed E-state index contributed by atoms with van der Waals surface area (Å²) in [6.45, 7) is 1.30. The van der Waals surface area contributed by atoms with E-state index >= 15 is 0 Å². The highest BCUT2D eigenvalue weighted by molar-refractivity contribution is 7.89. The maximum Gasteiger partial charge on any atom is 0.265 e. The van der Waals surface area contributed by atoms with Crippen LogP contribution in [0.15, 0.2) is 22.4 Å². The van der Waals surface area contributed by atoms with Crippen LogP contribution < -0.4 is 5.14 Å². The van der Waals surface area contributed by atoms with Gasteiger partial charge in [-0.1, -0.05) is 0 Å². The maximum absolute atomic E-state index is 12.7. The molecule has 3 N–H and O–H groups in total. The predicted molar refractivity (Wildman–Crippen MR) is 83.2 cm³/mol. The molecule has 8 nitrogen and oxygen atoms in total. The monoisotopic (exact) mass is 356 g/mol. The first kappa shape index (κ1) is 16.1. The molecule has 124 valence electrons. The van der Waals surface area contributed by atoms with E-state index in [0.29, 0.717) is 31.7 Å². The summed E-state index contributed by atoms with van der Waals surface area (Å²) in [5.41, 5.74) is 1.37. The van der Waals surface area contributed by atoms with E-state index in [9.17, 15) is 18.3 Å². The summed E-state index contributed by atoms with van der Waals surface area (Å²) in [7, 11) is -3.93. The number of primary sulfonamides is 1. The molecule has 0 saturated heterocycles. The second-order valence-electron chi connectivity index (χ2n) is 5.25.